The van der Waals surface area contributed by atoms with Crippen molar-refractivity contribution in [3.63, 3.8) is 0 Å². The molecule has 0 amide bonds. The van der Waals surface area contributed by atoms with E-state index in [0.29, 0.717) is 0 Å². The van der Waals surface area contributed by atoms with Crippen molar-refractivity contribution in [3.05, 3.63) is 35.4 Å². The number of hydrogen-bond acceptors (Lipinski definition) is 4. The summed E-state index contributed by atoms with van der Waals surface area (Å²) in [6, 6.07) is 5.92. The summed E-state index contributed by atoms with van der Waals surface area (Å²) < 4.78 is -1.15. The smallest absolute Gasteiger partial charge is 0.375 e. The van der Waals surface area contributed by atoms with Crippen molar-refractivity contribution in [2.75, 3.05) is 19.6 Å². The van der Waals surface area contributed by atoms with Crippen LogP contribution in [0.1, 0.15) is 11.1 Å². The van der Waals surface area contributed by atoms with Gasteiger partial charge in [0.2, 0.25) is 0 Å². The predicted octanol–water partition coefficient (Wildman–Crippen LogP) is -0.601. The molecule has 2 rings (SSSR count). The van der Waals surface area contributed by atoms with Gasteiger partial charge in [-0.2, -0.15) is 0 Å². The average Bonchev–Trinajstić information content (AvgIpc) is 3.06. The third-order valence-electron chi connectivity index (χ3n) is 3.98. The minimum atomic E-state index is -1.97. The van der Waals surface area contributed by atoms with Gasteiger partial charge in [0, 0.05) is 11.1 Å². The Hall–Kier alpha value is -2.94. The van der Waals surface area contributed by atoms with Crippen LogP contribution in [-0.4, -0.2) is 68.4 Å². The Morgan fingerprint density at radius 2 is 1.13 bits per heavy atom. The first kappa shape index (κ1) is 16.4. The van der Waals surface area contributed by atoms with Crippen LogP contribution in [0, 0.1) is 0 Å². The molecule has 0 radical (unpaired) electrons. The number of carboxylic acid groups (broad SMARTS) is 4. The Balaban J connectivity index is 2.68. The highest BCUT2D eigenvalue weighted by molar-refractivity contribution is 5.94. The molecular formula is C14H14NO8+. The number of carboxylic acids is 4. The van der Waals surface area contributed by atoms with E-state index in [4.69, 9.17) is 15.3 Å². The summed E-state index contributed by atoms with van der Waals surface area (Å²) in [5.41, 5.74) is -1.51. The Kier molecular flexibility index (Phi) is 3.83. The fourth-order valence-corrected chi connectivity index (χ4v) is 3.28. The van der Waals surface area contributed by atoms with Crippen LogP contribution in [0.4, 0.5) is 0 Å². The minimum absolute atomic E-state index is 0.233. The van der Waals surface area contributed by atoms with E-state index in [0.717, 1.165) is 0 Å². The number of aliphatic carboxylic acids is 4. The molecule has 1 aromatic carbocycles. The van der Waals surface area contributed by atoms with Crippen molar-refractivity contribution in [2.45, 2.75) is 5.54 Å². The maximum Gasteiger partial charge on any atom is 0.375 e. The fraction of sp³-hybridized carbons (Fsp3) is 0.286. The van der Waals surface area contributed by atoms with Crippen LogP contribution in [0.3, 0.4) is 0 Å². The second-order valence-electron chi connectivity index (χ2n) is 5.36. The van der Waals surface area contributed by atoms with Gasteiger partial charge in [-0.15, -0.1) is 0 Å². The molecule has 4 N–H and O–H groups in total. The lowest BCUT2D eigenvalue weighted by molar-refractivity contribution is -0.941. The van der Waals surface area contributed by atoms with Gasteiger partial charge in [-0.05, 0) is 0 Å². The lowest BCUT2D eigenvalue weighted by atomic mass is 10.0. The predicted molar refractivity (Wildman–Crippen MR) is 72.6 cm³/mol. The van der Waals surface area contributed by atoms with Gasteiger partial charge in [0.25, 0.3) is 5.54 Å². The van der Waals surface area contributed by atoms with Gasteiger partial charge in [0.15, 0.2) is 19.6 Å². The van der Waals surface area contributed by atoms with Crippen LogP contribution in [0.15, 0.2) is 24.3 Å². The van der Waals surface area contributed by atoms with E-state index in [1.54, 1.807) is 0 Å². The molecule has 0 atom stereocenters. The highest BCUT2D eigenvalue weighted by atomic mass is 16.4. The molecule has 1 aliphatic carbocycles. The fourth-order valence-electron chi connectivity index (χ4n) is 3.28. The topological polar surface area (TPSA) is 149 Å². The number of carbonyl (C=O) groups is 4. The molecular weight excluding hydrogens is 310 g/mol. The Labute approximate surface area is 129 Å². The molecule has 0 heterocycles. The summed E-state index contributed by atoms with van der Waals surface area (Å²) in [6.07, 6.45) is 0. The third-order valence-corrected chi connectivity index (χ3v) is 3.98. The highest BCUT2D eigenvalue weighted by Gasteiger charge is 2.73. The standard InChI is InChI=1S/C14H13NO8/c16-10(17)5-15(6-11(18)19,7-12(20)21)14(13(22)23)8-3-1-2-4-9(8)14/h1-4H,5-7H2,(H3-,16,17,18,19,20,21,22,23)/p+1. The monoisotopic (exact) mass is 324 g/mol. The number of fused-ring (bicyclic) bond motifs is 1. The first-order valence-corrected chi connectivity index (χ1v) is 6.52. The molecule has 0 saturated heterocycles. The van der Waals surface area contributed by atoms with E-state index in [2.05, 4.69) is 0 Å². The molecule has 9 heteroatoms. The zero-order chi connectivity index (χ0) is 17.4. The summed E-state index contributed by atoms with van der Waals surface area (Å²) in [6.45, 7) is -2.83. The lowest BCUT2D eigenvalue weighted by Crippen LogP contribution is -2.65. The SMILES string of the molecule is O=C(O)C[N+](CC(=O)O)(CC(=O)O)C1(C(=O)O)c2ccccc21. The summed E-state index contributed by atoms with van der Waals surface area (Å²) in [7, 11) is 0. The normalized spacial score (nSPS) is 14.6. The Bertz CT molecular complexity index is 647. The van der Waals surface area contributed by atoms with E-state index in [-0.39, 0.29) is 11.1 Å². The van der Waals surface area contributed by atoms with Crippen molar-refractivity contribution in [2.24, 2.45) is 0 Å². The van der Waals surface area contributed by atoms with Gasteiger partial charge >= 0.3 is 23.9 Å². The number of nitrogens with zero attached hydrogens (tertiary/aromatic N) is 1. The van der Waals surface area contributed by atoms with E-state index in [9.17, 15) is 24.3 Å². The van der Waals surface area contributed by atoms with Crippen LogP contribution in [0.25, 0.3) is 0 Å². The quantitative estimate of drug-likeness (QED) is 0.463. The van der Waals surface area contributed by atoms with Gasteiger partial charge in [-0.3, -0.25) is 4.48 Å². The number of benzene rings is 1. The van der Waals surface area contributed by atoms with Crippen molar-refractivity contribution in [3.8, 4) is 0 Å². The summed E-state index contributed by atoms with van der Waals surface area (Å²) in [4.78, 5) is 45.6. The van der Waals surface area contributed by atoms with E-state index in [1.807, 2.05) is 0 Å². The first-order chi connectivity index (χ1) is 10.7. The van der Waals surface area contributed by atoms with Gasteiger partial charge in [-0.1, -0.05) is 24.3 Å². The number of quaternary nitrogens is 1. The molecule has 0 aromatic heterocycles. The molecule has 1 aromatic rings. The van der Waals surface area contributed by atoms with Crippen LogP contribution in [-0.2, 0) is 24.7 Å². The van der Waals surface area contributed by atoms with Crippen molar-refractivity contribution < 1.29 is 44.1 Å². The number of rotatable bonds is 8. The molecule has 122 valence electrons. The molecule has 0 saturated carbocycles. The largest absolute Gasteiger partial charge is 0.477 e. The van der Waals surface area contributed by atoms with E-state index in [1.165, 1.54) is 24.3 Å². The molecule has 23 heavy (non-hydrogen) atoms. The second-order valence-corrected chi connectivity index (χ2v) is 5.36. The van der Waals surface area contributed by atoms with Crippen molar-refractivity contribution in [1.82, 2.24) is 0 Å². The van der Waals surface area contributed by atoms with E-state index >= 15 is 0 Å². The number of hydrogen-bond donors (Lipinski definition) is 4. The summed E-state index contributed by atoms with van der Waals surface area (Å²) in [5, 5.41) is 37.1. The Morgan fingerprint density at radius 3 is 1.39 bits per heavy atom. The summed E-state index contributed by atoms with van der Waals surface area (Å²) in [5.74, 6) is -5.91. The zero-order valence-corrected chi connectivity index (χ0v) is 11.8. The molecule has 0 bridgehead atoms. The lowest BCUT2D eigenvalue weighted by Gasteiger charge is -2.40. The molecule has 1 aliphatic rings. The van der Waals surface area contributed by atoms with Crippen LogP contribution in [0.5, 0.6) is 0 Å². The summed E-state index contributed by atoms with van der Waals surface area (Å²) >= 11 is 0. The minimum Gasteiger partial charge on any atom is -0.477 e. The van der Waals surface area contributed by atoms with Gasteiger partial charge in [-0.25, -0.2) is 19.2 Å². The zero-order valence-electron chi connectivity index (χ0n) is 11.8. The Morgan fingerprint density at radius 1 is 0.783 bits per heavy atom. The van der Waals surface area contributed by atoms with Crippen LogP contribution >= 0.6 is 0 Å². The van der Waals surface area contributed by atoms with Crippen molar-refractivity contribution in [1.29, 1.82) is 0 Å². The maximum absolute atomic E-state index is 11.9. The van der Waals surface area contributed by atoms with E-state index < -0.39 is 53.5 Å². The maximum atomic E-state index is 11.9. The van der Waals surface area contributed by atoms with Gasteiger partial charge in [0.1, 0.15) is 0 Å². The average molecular weight is 324 g/mol. The molecule has 0 fully saturated rings. The van der Waals surface area contributed by atoms with Gasteiger partial charge in [0.05, 0.1) is 0 Å². The molecule has 9 nitrogen and oxygen atoms in total. The molecule has 0 aliphatic heterocycles. The highest BCUT2D eigenvalue weighted by Crippen LogP contribution is 2.56. The molecule has 0 unspecified atom stereocenters. The van der Waals surface area contributed by atoms with Crippen molar-refractivity contribution >= 4 is 23.9 Å². The van der Waals surface area contributed by atoms with Crippen LogP contribution < -0.4 is 0 Å². The second kappa shape index (κ2) is 5.36. The third kappa shape index (κ3) is 2.40. The molecule has 0 spiro atoms. The van der Waals surface area contributed by atoms with Gasteiger partial charge < -0.3 is 20.4 Å². The van der Waals surface area contributed by atoms with Crippen LogP contribution in [0.2, 0.25) is 0 Å². The first-order valence-electron chi connectivity index (χ1n) is 6.52.